The van der Waals surface area contributed by atoms with Crippen molar-refractivity contribution in [1.29, 1.82) is 0 Å². The molecule has 0 aliphatic carbocycles. The summed E-state index contributed by atoms with van der Waals surface area (Å²) in [6.45, 7) is 3.06. The maximum Gasteiger partial charge on any atom is 0.323 e. The van der Waals surface area contributed by atoms with Crippen molar-refractivity contribution >= 4 is 17.4 Å². The molecule has 6 rings (SSSR count). The predicted molar refractivity (Wildman–Crippen MR) is 171 cm³/mol. The zero-order valence-electron chi connectivity index (χ0n) is 24.7. The van der Waals surface area contributed by atoms with Crippen molar-refractivity contribution < 1.29 is 24.1 Å². The fourth-order valence-electron chi connectivity index (χ4n) is 5.75. The zero-order valence-corrected chi connectivity index (χ0v) is 24.7. The first kappa shape index (κ1) is 29.8. The van der Waals surface area contributed by atoms with Crippen LogP contribution in [0.5, 0.6) is 11.5 Å². The van der Waals surface area contributed by atoms with Crippen LogP contribution in [0, 0.1) is 0 Å². The Hall–Kier alpha value is -4.21. The molecule has 0 spiro atoms. The van der Waals surface area contributed by atoms with E-state index in [0.29, 0.717) is 17.1 Å². The lowest BCUT2D eigenvalue weighted by atomic mass is 9.99. The summed E-state index contributed by atoms with van der Waals surface area (Å²) in [6.07, 6.45) is 3.76. The Morgan fingerprint density at radius 2 is 1.50 bits per heavy atom. The van der Waals surface area contributed by atoms with E-state index < -0.39 is 6.29 Å². The maximum absolute atomic E-state index is 12.9. The number of carbonyl (C=O) groups excluding carboxylic acids is 1. The van der Waals surface area contributed by atoms with Crippen molar-refractivity contribution in [3.05, 3.63) is 120 Å². The molecule has 228 valence electrons. The van der Waals surface area contributed by atoms with E-state index in [0.717, 1.165) is 48.5 Å². The van der Waals surface area contributed by atoms with Gasteiger partial charge >= 0.3 is 6.03 Å². The molecule has 8 heteroatoms. The summed E-state index contributed by atoms with van der Waals surface area (Å²) in [5.41, 5.74) is 4.06. The van der Waals surface area contributed by atoms with Crippen LogP contribution >= 0.6 is 0 Å². The molecule has 8 nitrogen and oxygen atoms in total. The van der Waals surface area contributed by atoms with Crippen LogP contribution in [0.4, 0.5) is 16.2 Å². The van der Waals surface area contributed by atoms with E-state index in [1.54, 1.807) is 12.1 Å². The second-order valence-electron chi connectivity index (χ2n) is 11.4. The summed E-state index contributed by atoms with van der Waals surface area (Å²) in [7, 11) is 0. The number of benzene rings is 4. The number of nitrogens with zero attached hydrogens (tertiary/aromatic N) is 1. The van der Waals surface area contributed by atoms with Crippen molar-refractivity contribution in [1.82, 2.24) is 4.90 Å². The van der Waals surface area contributed by atoms with Crippen molar-refractivity contribution in [2.24, 2.45) is 0 Å². The highest BCUT2D eigenvalue weighted by Crippen LogP contribution is 2.39. The lowest BCUT2D eigenvalue weighted by molar-refractivity contribution is -0.253. The fourth-order valence-corrected chi connectivity index (χ4v) is 5.75. The highest BCUT2D eigenvalue weighted by molar-refractivity contribution is 5.99. The van der Waals surface area contributed by atoms with Crippen molar-refractivity contribution in [2.75, 3.05) is 30.3 Å². The van der Waals surface area contributed by atoms with Crippen LogP contribution < -0.4 is 15.4 Å². The Morgan fingerprint density at radius 3 is 2.25 bits per heavy atom. The monoisotopic (exact) mass is 593 g/mol. The highest BCUT2D eigenvalue weighted by atomic mass is 16.7. The van der Waals surface area contributed by atoms with Crippen LogP contribution in [0.3, 0.4) is 0 Å². The average Bonchev–Trinajstić information content (AvgIpc) is 3.06. The minimum absolute atomic E-state index is 0.00289. The number of urea groups is 1. The lowest BCUT2D eigenvalue weighted by Gasteiger charge is -2.39. The van der Waals surface area contributed by atoms with Crippen LogP contribution in [0.2, 0.25) is 0 Å². The second-order valence-corrected chi connectivity index (χ2v) is 11.4. The molecular formula is C36H39N3O5. The van der Waals surface area contributed by atoms with Crippen molar-refractivity contribution in [3.8, 4) is 11.5 Å². The van der Waals surface area contributed by atoms with E-state index in [2.05, 4.69) is 15.5 Å². The molecule has 0 saturated carbocycles. The van der Waals surface area contributed by atoms with Gasteiger partial charge in [0.1, 0.15) is 11.5 Å². The van der Waals surface area contributed by atoms with E-state index in [1.807, 2.05) is 91.0 Å². The molecule has 44 heavy (non-hydrogen) atoms. The number of ether oxygens (including phenoxy) is 3. The molecule has 4 aromatic carbocycles. The van der Waals surface area contributed by atoms with E-state index in [9.17, 15) is 9.90 Å². The molecule has 2 aliphatic rings. The van der Waals surface area contributed by atoms with Crippen LogP contribution in [0.15, 0.2) is 103 Å². The minimum atomic E-state index is -0.581. The Labute approximate surface area is 258 Å². The summed E-state index contributed by atoms with van der Waals surface area (Å²) in [5.74, 6) is 1.43. The third-order valence-electron chi connectivity index (χ3n) is 8.03. The van der Waals surface area contributed by atoms with Crippen LogP contribution in [-0.2, 0) is 16.1 Å². The summed E-state index contributed by atoms with van der Waals surface area (Å²) in [6, 6.07) is 32.0. The molecular weight excluding hydrogens is 554 g/mol. The first-order valence-electron chi connectivity index (χ1n) is 15.4. The summed E-state index contributed by atoms with van der Waals surface area (Å²) < 4.78 is 18.9. The molecule has 2 saturated heterocycles. The van der Waals surface area contributed by atoms with Crippen LogP contribution in [0.1, 0.15) is 54.8 Å². The molecule has 3 unspecified atom stereocenters. The SMILES string of the molecule is O=C(Nc1ccc(Oc2ccccc2)cc1)Nc1cccc(C2OC(CN3CCCCC3)CC(c3ccc(CO)cc3)O2)c1. The number of para-hydroxylation sites is 1. The number of carbonyl (C=O) groups is 1. The highest BCUT2D eigenvalue weighted by Gasteiger charge is 2.33. The average molecular weight is 594 g/mol. The second kappa shape index (κ2) is 14.5. The summed E-state index contributed by atoms with van der Waals surface area (Å²) in [4.78, 5) is 15.4. The van der Waals surface area contributed by atoms with Crippen LogP contribution in [-0.4, -0.2) is 41.8 Å². The third-order valence-corrected chi connectivity index (χ3v) is 8.03. The molecule has 2 aliphatic heterocycles. The van der Waals surface area contributed by atoms with E-state index in [1.165, 1.54) is 19.3 Å². The molecule has 2 fully saturated rings. The number of amides is 2. The summed E-state index contributed by atoms with van der Waals surface area (Å²) >= 11 is 0. The fraction of sp³-hybridized carbons (Fsp3) is 0.306. The number of piperidine rings is 1. The van der Waals surface area contributed by atoms with E-state index >= 15 is 0 Å². The number of nitrogens with one attached hydrogen (secondary N) is 2. The number of aliphatic hydroxyl groups excluding tert-OH is 1. The van der Waals surface area contributed by atoms with Crippen molar-refractivity contribution in [2.45, 2.75) is 50.8 Å². The molecule has 2 heterocycles. The topological polar surface area (TPSA) is 92.3 Å². The number of aliphatic hydroxyl groups is 1. The molecule has 0 radical (unpaired) electrons. The standard InChI is InChI=1S/C36H39N3O5/c40-25-26-12-14-27(15-13-26)34-23-33(24-39-20-5-2-6-21-39)43-35(44-34)28-8-7-9-30(22-28)38-36(41)37-29-16-18-32(19-17-29)42-31-10-3-1-4-11-31/h1,3-4,7-19,22,33-35,40H,2,5-6,20-21,23-25H2,(H2,37,38,41). The molecule has 0 aromatic heterocycles. The third kappa shape index (κ3) is 8.03. The smallest absolute Gasteiger partial charge is 0.323 e. The van der Waals surface area contributed by atoms with Gasteiger partial charge in [-0.1, -0.05) is 61.0 Å². The summed E-state index contributed by atoms with van der Waals surface area (Å²) in [5, 5.41) is 15.3. The number of hydrogen-bond acceptors (Lipinski definition) is 6. The minimum Gasteiger partial charge on any atom is -0.457 e. The van der Waals surface area contributed by atoms with Gasteiger partial charge in [-0.25, -0.2) is 4.79 Å². The van der Waals surface area contributed by atoms with Gasteiger partial charge in [-0.2, -0.15) is 0 Å². The van der Waals surface area contributed by atoms with Crippen LogP contribution in [0.25, 0.3) is 0 Å². The predicted octanol–water partition coefficient (Wildman–Crippen LogP) is 7.65. The van der Waals surface area contributed by atoms with Gasteiger partial charge in [-0.05, 0) is 85.6 Å². The van der Waals surface area contributed by atoms with Gasteiger partial charge in [0.2, 0.25) is 0 Å². The van der Waals surface area contributed by atoms with Gasteiger partial charge in [-0.15, -0.1) is 0 Å². The Balaban J connectivity index is 1.11. The Morgan fingerprint density at radius 1 is 0.773 bits per heavy atom. The van der Waals surface area contributed by atoms with Gasteiger partial charge in [0.05, 0.1) is 18.8 Å². The Kier molecular flexibility index (Phi) is 9.84. The van der Waals surface area contributed by atoms with Gasteiger partial charge in [0.15, 0.2) is 6.29 Å². The number of anilines is 2. The quantitative estimate of drug-likeness (QED) is 0.185. The molecule has 4 aromatic rings. The van der Waals surface area contributed by atoms with Gasteiger partial charge in [-0.3, -0.25) is 0 Å². The molecule has 3 atom stereocenters. The Bertz CT molecular complexity index is 1490. The van der Waals surface area contributed by atoms with E-state index in [4.69, 9.17) is 14.2 Å². The number of hydrogen-bond donors (Lipinski definition) is 3. The van der Waals surface area contributed by atoms with Gasteiger partial charge in [0, 0.05) is 29.9 Å². The molecule has 0 bridgehead atoms. The largest absolute Gasteiger partial charge is 0.457 e. The molecule has 2 amide bonds. The first-order valence-corrected chi connectivity index (χ1v) is 15.4. The molecule has 3 N–H and O–H groups in total. The number of rotatable bonds is 9. The van der Waals surface area contributed by atoms with Gasteiger partial charge in [0.25, 0.3) is 0 Å². The first-order chi connectivity index (χ1) is 21.6. The van der Waals surface area contributed by atoms with Gasteiger partial charge < -0.3 is 34.9 Å². The lowest BCUT2D eigenvalue weighted by Crippen LogP contribution is -2.41. The van der Waals surface area contributed by atoms with Crippen molar-refractivity contribution in [3.63, 3.8) is 0 Å². The maximum atomic E-state index is 12.9. The number of likely N-dealkylation sites (tertiary alicyclic amines) is 1. The zero-order chi connectivity index (χ0) is 30.1. The normalized spacial score (nSPS) is 20.5. The van der Waals surface area contributed by atoms with E-state index in [-0.39, 0.29) is 24.8 Å².